The van der Waals surface area contributed by atoms with Gasteiger partial charge in [-0.15, -0.1) is 0 Å². The molecule has 14 nitrogen and oxygen atoms in total. The van der Waals surface area contributed by atoms with Crippen LogP contribution in [0.2, 0.25) is 0 Å². The Morgan fingerprint density at radius 3 is 1.74 bits per heavy atom. The fourth-order valence-electron chi connectivity index (χ4n) is 3.14. The van der Waals surface area contributed by atoms with Crippen LogP contribution in [-0.4, -0.2) is 83.2 Å². The Morgan fingerprint density at radius 1 is 0.771 bits per heavy atom. The van der Waals surface area contributed by atoms with Crippen LogP contribution in [0.3, 0.4) is 0 Å². The summed E-state index contributed by atoms with van der Waals surface area (Å²) in [7, 11) is 0. The molecule has 0 aliphatic carbocycles. The molecule has 0 bridgehead atoms. The Bertz CT molecular complexity index is 706. The van der Waals surface area contributed by atoms with Crippen LogP contribution in [0.25, 0.3) is 0 Å². The van der Waals surface area contributed by atoms with Gasteiger partial charge in [0.05, 0.1) is 12.1 Å². The van der Waals surface area contributed by atoms with Gasteiger partial charge in [0.1, 0.15) is 18.1 Å². The molecular formula is C21H41N7O7. The number of carboxylic acids is 1. The predicted octanol–water partition coefficient (Wildman–Crippen LogP) is -3.24. The van der Waals surface area contributed by atoms with Crippen molar-refractivity contribution >= 4 is 29.6 Å². The Kier molecular flexibility index (Phi) is 16.2. The van der Waals surface area contributed by atoms with Crippen LogP contribution < -0.4 is 38.9 Å². The number of hydrogen-bond acceptors (Lipinski definition) is 9. The lowest BCUT2D eigenvalue weighted by Crippen LogP contribution is -2.59. The van der Waals surface area contributed by atoms with Crippen LogP contribution in [0, 0.1) is 0 Å². The van der Waals surface area contributed by atoms with Crippen molar-refractivity contribution in [2.24, 2.45) is 22.9 Å². The number of unbranched alkanes of at least 4 members (excludes halogenated alkanes) is 2. The van der Waals surface area contributed by atoms with E-state index in [4.69, 9.17) is 22.9 Å². The first-order valence-corrected chi connectivity index (χ1v) is 11.7. The summed E-state index contributed by atoms with van der Waals surface area (Å²) in [5.41, 5.74) is 21.7. The van der Waals surface area contributed by atoms with Crippen molar-refractivity contribution in [1.82, 2.24) is 16.0 Å². The maximum absolute atomic E-state index is 12.9. The topological polar surface area (TPSA) is 266 Å². The molecule has 0 aliphatic rings. The van der Waals surface area contributed by atoms with Crippen LogP contribution in [0.15, 0.2) is 0 Å². The van der Waals surface area contributed by atoms with Gasteiger partial charge < -0.3 is 49.1 Å². The van der Waals surface area contributed by atoms with Crippen LogP contribution in [0.1, 0.15) is 58.3 Å². The molecule has 13 N–H and O–H groups in total. The van der Waals surface area contributed by atoms with E-state index in [0.717, 1.165) is 0 Å². The molecule has 0 saturated carbocycles. The maximum Gasteiger partial charge on any atom is 0.326 e. The average Bonchev–Trinajstić information content (AvgIpc) is 2.78. The summed E-state index contributed by atoms with van der Waals surface area (Å²) in [5.74, 6) is -4.24. The zero-order valence-corrected chi connectivity index (χ0v) is 20.2. The summed E-state index contributed by atoms with van der Waals surface area (Å²) < 4.78 is 0. The molecule has 0 fully saturated rings. The largest absolute Gasteiger partial charge is 0.480 e. The molecular weight excluding hydrogens is 462 g/mol. The highest BCUT2D eigenvalue weighted by molar-refractivity contribution is 5.94. The lowest BCUT2D eigenvalue weighted by Gasteiger charge is -2.26. The molecule has 35 heavy (non-hydrogen) atoms. The number of aliphatic hydroxyl groups is 1. The second kappa shape index (κ2) is 17.6. The molecule has 0 rings (SSSR count). The van der Waals surface area contributed by atoms with Gasteiger partial charge in [0.25, 0.3) is 0 Å². The quantitative estimate of drug-likeness (QED) is 0.0794. The summed E-state index contributed by atoms with van der Waals surface area (Å²) in [4.78, 5) is 60.4. The van der Waals surface area contributed by atoms with Gasteiger partial charge in [-0.3, -0.25) is 19.2 Å². The second-order valence-electron chi connectivity index (χ2n) is 8.37. The van der Waals surface area contributed by atoms with E-state index in [-0.39, 0.29) is 25.7 Å². The number of rotatable bonds is 19. The summed E-state index contributed by atoms with van der Waals surface area (Å²) >= 11 is 0. The van der Waals surface area contributed by atoms with Crippen LogP contribution in [0.5, 0.6) is 0 Å². The molecule has 0 aromatic rings. The van der Waals surface area contributed by atoms with Gasteiger partial charge in [0, 0.05) is 6.42 Å². The lowest BCUT2D eigenvalue weighted by molar-refractivity contribution is -0.142. The maximum atomic E-state index is 12.9. The number of carbonyl (C=O) groups is 5. The number of carbonyl (C=O) groups excluding carboxylic acids is 4. The summed E-state index contributed by atoms with van der Waals surface area (Å²) in [6.07, 6.45) is 0.878. The molecule has 0 aliphatic heterocycles. The van der Waals surface area contributed by atoms with Crippen molar-refractivity contribution < 1.29 is 34.2 Å². The van der Waals surface area contributed by atoms with Crippen molar-refractivity contribution in [3.63, 3.8) is 0 Å². The van der Waals surface area contributed by atoms with E-state index in [2.05, 4.69) is 16.0 Å². The number of aliphatic hydroxyl groups excluding tert-OH is 1. The van der Waals surface area contributed by atoms with Crippen LogP contribution in [0.4, 0.5) is 0 Å². The predicted molar refractivity (Wildman–Crippen MR) is 127 cm³/mol. The number of amides is 4. The van der Waals surface area contributed by atoms with Crippen LogP contribution in [-0.2, 0) is 24.0 Å². The van der Waals surface area contributed by atoms with Crippen molar-refractivity contribution in [1.29, 1.82) is 0 Å². The SMILES string of the molecule is CC(O)C(NC(=O)C(N)CCC(N)=O)C(=O)NC(CCCCN)C(=O)NC(CCCCN)C(=O)O. The van der Waals surface area contributed by atoms with Gasteiger partial charge in [-0.05, 0) is 65.0 Å². The molecule has 0 spiro atoms. The molecule has 5 atom stereocenters. The number of nitrogens with two attached hydrogens (primary N) is 4. The minimum atomic E-state index is -1.45. The third kappa shape index (κ3) is 13.6. The van der Waals surface area contributed by atoms with E-state index in [0.29, 0.717) is 38.8 Å². The van der Waals surface area contributed by atoms with Gasteiger partial charge in [0.2, 0.25) is 23.6 Å². The summed E-state index contributed by atoms with van der Waals surface area (Å²) in [6, 6.07) is -4.90. The van der Waals surface area contributed by atoms with Gasteiger partial charge in [-0.1, -0.05) is 0 Å². The highest BCUT2D eigenvalue weighted by Crippen LogP contribution is 2.07. The first-order valence-electron chi connectivity index (χ1n) is 11.7. The van der Waals surface area contributed by atoms with Crippen molar-refractivity contribution in [3.8, 4) is 0 Å². The smallest absolute Gasteiger partial charge is 0.326 e. The highest BCUT2D eigenvalue weighted by Gasteiger charge is 2.32. The van der Waals surface area contributed by atoms with Crippen molar-refractivity contribution in [2.75, 3.05) is 13.1 Å². The fourth-order valence-corrected chi connectivity index (χ4v) is 3.14. The highest BCUT2D eigenvalue weighted by atomic mass is 16.4. The molecule has 14 heteroatoms. The third-order valence-corrected chi connectivity index (χ3v) is 5.24. The van der Waals surface area contributed by atoms with Crippen molar-refractivity contribution in [3.05, 3.63) is 0 Å². The van der Waals surface area contributed by atoms with E-state index in [1.807, 2.05) is 0 Å². The summed E-state index contributed by atoms with van der Waals surface area (Å²) in [6.45, 7) is 2.01. The van der Waals surface area contributed by atoms with Crippen molar-refractivity contribution in [2.45, 2.75) is 88.6 Å². The number of carboxylic acid groups (broad SMARTS) is 1. The Labute approximate surface area is 204 Å². The van der Waals surface area contributed by atoms with Gasteiger partial charge in [-0.25, -0.2) is 4.79 Å². The molecule has 0 heterocycles. The van der Waals surface area contributed by atoms with E-state index in [1.165, 1.54) is 6.92 Å². The van der Waals surface area contributed by atoms with E-state index >= 15 is 0 Å². The normalized spacial score (nSPS) is 15.2. The first kappa shape index (κ1) is 32.2. The molecule has 202 valence electrons. The number of primary amides is 1. The zero-order chi connectivity index (χ0) is 27.0. The Balaban J connectivity index is 5.38. The monoisotopic (exact) mass is 503 g/mol. The minimum Gasteiger partial charge on any atom is -0.480 e. The lowest BCUT2D eigenvalue weighted by atomic mass is 10.0. The average molecular weight is 504 g/mol. The molecule has 4 amide bonds. The molecule has 0 aromatic heterocycles. The first-order chi connectivity index (χ1) is 16.4. The number of hydrogen-bond donors (Lipinski definition) is 9. The molecule has 0 aromatic carbocycles. The minimum absolute atomic E-state index is 0.0554. The molecule has 0 saturated heterocycles. The van der Waals surface area contributed by atoms with E-state index in [1.54, 1.807) is 0 Å². The van der Waals surface area contributed by atoms with Gasteiger partial charge in [0.15, 0.2) is 0 Å². The Hall–Kier alpha value is -2.81. The molecule has 0 radical (unpaired) electrons. The van der Waals surface area contributed by atoms with Gasteiger partial charge >= 0.3 is 5.97 Å². The number of aliphatic carboxylic acids is 1. The zero-order valence-electron chi connectivity index (χ0n) is 20.2. The summed E-state index contributed by atoms with van der Waals surface area (Å²) in [5, 5.41) is 26.7. The Morgan fingerprint density at radius 2 is 1.29 bits per heavy atom. The van der Waals surface area contributed by atoms with E-state index in [9.17, 15) is 34.2 Å². The molecule has 5 unspecified atom stereocenters. The van der Waals surface area contributed by atoms with Crippen LogP contribution >= 0.6 is 0 Å². The van der Waals surface area contributed by atoms with E-state index < -0.39 is 59.9 Å². The number of nitrogens with one attached hydrogen (secondary N) is 3. The second-order valence-corrected chi connectivity index (χ2v) is 8.37. The standard InChI is InChI=1S/C21H41N7O7/c1-12(29)17(28-18(31)13(24)8-9-16(25)30)20(33)26-14(6-2-4-10-22)19(32)27-15(21(34)35)7-3-5-11-23/h12-15,17,29H,2-11,22-24H2,1H3,(H2,25,30)(H,26,33)(H,27,32)(H,28,31)(H,34,35). The third-order valence-electron chi connectivity index (χ3n) is 5.24. The fraction of sp³-hybridized carbons (Fsp3) is 0.762. The van der Waals surface area contributed by atoms with Gasteiger partial charge in [-0.2, -0.15) is 0 Å².